The van der Waals surface area contributed by atoms with Crippen molar-refractivity contribution >= 4 is 11.9 Å². The Morgan fingerprint density at radius 2 is 2.33 bits per heavy atom. The first-order chi connectivity index (χ1) is 11.6. The summed E-state index contributed by atoms with van der Waals surface area (Å²) in [5.41, 5.74) is 5.11. The van der Waals surface area contributed by atoms with E-state index in [-0.39, 0.29) is 17.7 Å². The second-order valence-corrected chi connectivity index (χ2v) is 6.07. The van der Waals surface area contributed by atoms with E-state index in [1.165, 1.54) is 18.6 Å². The standard InChI is InChI=1S/C15H21N5O4/c16-14(22)20-5-6-23-10-15(9-20)2-1-11(24-15)7-19-13(21)12-8-17-3-4-18-12/h3-4,8,11H,1-2,5-7,9-10H2,(H2,16,22)(H,19,21). The number of urea groups is 1. The summed E-state index contributed by atoms with van der Waals surface area (Å²) in [5.74, 6) is -0.288. The Bertz CT molecular complexity index is 599. The summed E-state index contributed by atoms with van der Waals surface area (Å²) in [6, 6.07) is -0.470. The van der Waals surface area contributed by atoms with E-state index in [0.29, 0.717) is 32.8 Å². The van der Waals surface area contributed by atoms with E-state index < -0.39 is 11.6 Å². The number of amides is 3. The van der Waals surface area contributed by atoms with Crippen LogP contribution in [0.2, 0.25) is 0 Å². The summed E-state index contributed by atoms with van der Waals surface area (Å²) in [5, 5.41) is 2.80. The molecule has 2 fully saturated rings. The number of hydrogen-bond donors (Lipinski definition) is 2. The molecule has 3 rings (SSSR count). The zero-order valence-electron chi connectivity index (χ0n) is 13.3. The van der Waals surface area contributed by atoms with Crippen LogP contribution in [0.4, 0.5) is 4.79 Å². The van der Waals surface area contributed by atoms with Crippen molar-refractivity contribution in [1.82, 2.24) is 20.2 Å². The average molecular weight is 335 g/mol. The van der Waals surface area contributed by atoms with Crippen LogP contribution in [0.1, 0.15) is 23.3 Å². The lowest BCUT2D eigenvalue weighted by Gasteiger charge is -2.31. The maximum atomic E-state index is 12.0. The van der Waals surface area contributed by atoms with Gasteiger partial charge >= 0.3 is 6.03 Å². The van der Waals surface area contributed by atoms with Gasteiger partial charge in [-0.25, -0.2) is 9.78 Å². The molecule has 2 aliphatic rings. The highest BCUT2D eigenvalue weighted by Crippen LogP contribution is 2.32. The van der Waals surface area contributed by atoms with Gasteiger partial charge in [-0.15, -0.1) is 0 Å². The molecule has 2 saturated heterocycles. The number of aromatic nitrogens is 2. The van der Waals surface area contributed by atoms with Crippen LogP contribution in [-0.4, -0.2) is 71.4 Å². The molecule has 0 aliphatic carbocycles. The third-order valence-electron chi connectivity index (χ3n) is 4.29. The minimum Gasteiger partial charge on any atom is -0.377 e. The second kappa shape index (κ2) is 7.10. The second-order valence-electron chi connectivity index (χ2n) is 6.07. The fourth-order valence-corrected chi connectivity index (χ4v) is 3.07. The molecular weight excluding hydrogens is 314 g/mol. The maximum Gasteiger partial charge on any atom is 0.314 e. The summed E-state index contributed by atoms with van der Waals surface area (Å²) in [6.45, 7) is 2.12. The lowest BCUT2D eigenvalue weighted by molar-refractivity contribution is -0.0818. The molecule has 1 aromatic rings. The van der Waals surface area contributed by atoms with E-state index in [0.717, 1.165) is 12.8 Å². The Morgan fingerprint density at radius 1 is 1.46 bits per heavy atom. The van der Waals surface area contributed by atoms with Crippen molar-refractivity contribution in [2.24, 2.45) is 5.73 Å². The number of hydrogen-bond acceptors (Lipinski definition) is 6. The van der Waals surface area contributed by atoms with Gasteiger partial charge in [0.1, 0.15) is 11.3 Å². The SMILES string of the molecule is NC(=O)N1CCOCC2(CCC(CNC(=O)c3cnccn3)O2)C1. The van der Waals surface area contributed by atoms with Crippen molar-refractivity contribution in [3.05, 3.63) is 24.3 Å². The van der Waals surface area contributed by atoms with Crippen LogP contribution in [0.25, 0.3) is 0 Å². The zero-order valence-corrected chi connectivity index (χ0v) is 13.3. The highest BCUT2D eigenvalue weighted by Gasteiger charge is 2.43. The molecule has 3 heterocycles. The average Bonchev–Trinajstić information content (AvgIpc) is 2.86. The molecule has 3 N–H and O–H groups in total. The third-order valence-corrected chi connectivity index (χ3v) is 4.29. The summed E-state index contributed by atoms with van der Waals surface area (Å²) < 4.78 is 11.7. The number of rotatable bonds is 3. The predicted molar refractivity (Wildman–Crippen MR) is 83.2 cm³/mol. The molecule has 2 aliphatic heterocycles. The molecule has 130 valence electrons. The molecule has 9 heteroatoms. The Labute approximate surface area is 139 Å². The van der Waals surface area contributed by atoms with Gasteiger partial charge < -0.3 is 25.4 Å². The van der Waals surface area contributed by atoms with Gasteiger partial charge in [0, 0.05) is 25.5 Å². The molecule has 2 unspecified atom stereocenters. The molecular formula is C15H21N5O4. The van der Waals surface area contributed by atoms with Crippen LogP contribution in [0.15, 0.2) is 18.6 Å². The molecule has 0 radical (unpaired) electrons. The van der Waals surface area contributed by atoms with Gasteiger partial charge in [-0.05, 0) is 12.8 Å². The van der Waals surface area contributed by atoms with Crippen LogP contribution in [0.3, 0.4) is 0 Å². The smallest absolute Gasteiger partial charge is 0.314 e. The number of nitrogens with two attached hydrogens (primary N) is 1. The molecule has 3 amide bonds. The van der Waals surface area contributed by atoms with Crippen molar-refractivity contribution in [3.8, 4) is 0 Å². The van der Waals surface area contributed by atoms with Gasteiger partial charge in [-0.1, -0.05) is 0 Å². The maximum absolute atomic E-state index is 12.0. The van der Waals surface area contributed by atoms with Crippen LogP contribution >= 0.6 is 0 Å². The fourth-order valence-electron chi connectivity index (χ4n) is 3.07. The highest BCUT2D eigenvalue weighted by atomic mass is 16.6. The Morgan fingerprint density at radius 3 is 3.08 bits per heavy atom. The Kier molecular flexibility index (Phi) is 4.91. The summed E-state index contributed by atoms with van der Waals surface area (Å²) in [4.78, 5) is 32.8. The lowest BCUT2D eigenvalue weighted by Crippen LogP contribution is -2.48. The van der Waals surface area contributed by atoms with E-state index in [4.69, 9.17) is 15.2 Å². The van der Waals surface area contributed by atoms with Crippen molar-refractivity contribution in [3.63, 3.8) is 0 Å². The zero-order chi connectivity index (χ0) is 17.0. The molecule has 1 spiro atoms. The van der Waals surface area contributed by atoms with Crippen LogP contribution in [0.5, 0.6) is 0 Å². The van der Waals surface area contributed by atoms with Gasteiger partial charge in [0.15, 0.2) is 0 Å². The normalized spacial score (nSPS) is 27.0. The molecule has 1 aromatic heterocycles. The number of ether oxygens (including phenoxy) is 2. The van der Waals surface area contributed by atoms with E-state index in [2.05, 4.69) is 15.3 Å². The first kappa shape index (κ1) is 16.6. The van der Waals surface area contributed by atoms with Gasteiger partial charge in [-0.3, -0.25) is 9.78 Å². The Hall–Kier alpha value is -2.26. The van der Waals surface area contributed by atoms with E-state index in [9.17, 15) is 9.59 Å². The quantitative estimate of drug-likeness (QED) is 0.771. The summed E-state index contributed by atoms with van der Waals surface area (Å²) in [7, 11) is 0. The molecule has 0 bridgehead atoms. The van der Waals surface area contributed by atoms with E-state index in [1.54, 1.807) is 4.90 Å². The number of primary amides is 1. The van der Waals surface area contributed by atoms with Crippen LogP contribution in [-0.2, 0) is 9.47 Å². The molecule has 0 aromatic carbocycles. The first-order valence-electron chi connectivity index (χ1n) is 7.92. The Balaban J connectivity index is 1.55. The largest absolute Gasteiger partial charge is 0.377 e. The summed E-state index contributed by atoms with van der Waals surface area (Å²) in [6.07, 6.45) is 5.78. The lowest BCUT2D eigenvalue weighted by atomic mass is 10.0. The van der Waals surface area contributed by atoms with Gasteiger partial charge in [0.25, 0.3) is 5.91 Å². The van der Waals surface area contributed by atoms with Crippen molar-refractivity contribution < 1.29 is 19.1 Å². The third kappa shape index (κ3) is 3.80. The number of nitrogens with one attached hydrogen (secondary N) is 1. The van der Waals surface area contributed by atoms with Gasteiger partial charge in [0.05, 0.1) is 32.1 Å². The highest BCUT2D eigenvalue weighted by molar-refractivity contribution is 5.91. The fraction of sp³-hybridized carbons (Fsp3) is 0.600. The van der Waals surface area contributed by atoms with Crippen molar-refractivity contribution in [1.29, 1.82) is 0 Å². The van der Waals surface area contributed by atoms with Gasteiger partial charge in [-0.2, -0.15) is 0 Å². The number of nitrogens with zero attached hydrogens (tertiary/aromatic N) is 3. The van der Waals surface area contributed by atoms with Crippen molar-refractivity contribution in [2.75, 3.05) is 32.8 Å². The van der Waals surface area contributed by atoms with Crippen LogP contribution < -0.4 is 11.1 Å². The van der Waals surface area contributed by atoms with Gasteiger partial charge in [0.2, 0.25) is 0 Å². The minimum atomic E-state index is -0.548. The van der Waals surface area contributed by atoms with E-state index in [1.807, 2.05) is 0 Å². The minimum absolute atomic E-state index is 0.137. The topological polar surface area (TPSA) is 120 Å². The molecule has 9 nitrogen and oxygen atoms in total. The summed E-state index contributed by atoms with van der Waals surface area (Å²) >= 11 is 0. The molecule has 0 saturated carbocycles. The van der Waals surface area contributed by atoms with Crippen molar-refractivity contribution in [2.45, 2.75) is 24.5 Å². The van der Waals surface area contributed by atoms with Crippen LogP contribution in [0, 0.1) is 0 Å². The number of carbonyl (C=O) groups is 2. The predicted octanol–water partition coefficient (Wildman–Crippen LogP) is -0.465. The first-order valence-corrected chi connectivity index (χ1v) is 7.92. The monoisotopic (exact) mass is 335 g/mol. The van der Waals surface area contributed by atoms with E-state index >= 15 is 0 Å². The number of carbonyl (C=O) groups excluding carboxylic acids is 2. The molecule has 24 heavy (non-hydrogen) atoms. The molecule has 2 atom stereocenters.